The first-order valence-electron chi connectivity index (χ1n) is 14.9. The van der Waals surface area contributed by atoms with Crippen LogP contribution in [0.5, 0.6) is 0 Å². The summed E-state index contributed by atoms with van der Waals surface area (Å²) in [6.45, 7) is 1.92. The average molecular weight is 845 g/mol. The summed E-state index contributed by atoms with van der Waals surface area (Å²) < 4.78 is 25.5. The summed E-state index contributed by atoms with van der Waals surface area (Å²) in [6.07, 6.45) is 0. The van der Waals surface area contributed by atoms with Gasteiger partial charge in [0, 0.05) is 0 Å². The van der Waals surface area contributed by atoms with Crippen LogP contribution in [0.15, 0.2) is 182 Å². The van der Waals surface area contributed by atoms with E-state index in [4.69, 9.17) is 22.5 Å². The zero-order valence-electron chi connectivity index (χ0n) is 25.0. The van der Waals surface area contributed by atoms with Crippen molar-refractivity contribution in [1.82, 2.24) is 0 Å². The monoisotopic (exact) mass is 844 g/mol. The van der Waals surface area contributed by atoms with Crippen molar-refractivity contribution in [2.45, 2.75) is 6.92 Å². The van der Waals surface area contributed by atoms with Crippen molar-refractivity contribution in [1.29, 1.82) is 0 Å². The minimum absolute atomic E-state index is 0.0633. The van der Waals surface area contributed by atoms with Gasteiger partial charge in [-0.15, -0.1) is 0 Å². The van der Waals surface area contributed by atoms with Crippen LogP contribution in [-0.2, 0) is 17.3 Å². The summed E-state index contributed by atoms with van der Waals surface area (Å²) in [6, 6.07) is 60.1. The van der Waals surface area contributed by atoms with E-state index in [-0.39, 0.29) is 6.61 Å². The molecule has 0 bridgehead atoms. The third kappa shape index (κ3) is 4.60. The van der Waals surface area contributed by atoms with Crippen molar-refractivity contribution in [3.8, 4) is 0 Å². The fourth-order valence-electron chi connectivity index (χ4n) is 6.98. The zero-order chi connectivity index (χ0) is 31.5. The van der Waals surface area contributed by atoms with E-state index in [0.717, 1.165) is 31.8 Å². The van der Waals surface area contributed by atoms with Gasteiger partial charge in [-0.1, -0.05) is 0 Å². The Morgan fingerprint density at radius 1 is 0.422 bits per heavy atom. The number of hydrogen-bond acceptors (Lipinski definition) is 2. The second kappa shape index (κ2) is 12.1. The molecule has 0 heterocycles. The van der Waals surface area contributed by atoms with Gasteiger partial charge in [-0.3, -0.25) is 0 Å². The van der Waals surface area contributed by atoms with Gasteiger partial charge in [-0.2, -0.15) is 0 Å². The SMILES string of the molecule is CC[O][Re](=[O])([Cl])([Cl])([PH](c1ccccc1)(c1ccccc1)c1ccccc1)[PH](c1ccccc1)(c1ccccc1)c1ccccc1. The van der Waals surface area contributed by atoms with E-state index in [9.17, 15) is 0 Å². The molecule has 6 rings (SSSR count). The van der Waals surface area contributed by atoms with E-state index < -0.39 is 21.3 Å². The van der Waals surface area contributed by atoms with Crippen molar-refractivity contribution in [3.63, 3.8) is 0 Å². The van der Waals surface area contributed by atoms with Gasteiger partial charge in [0.05, 0.1) is 0 Å². The van der Waals surface area contributed by atoms with Crippen LogP contribution in [0.3, 0.4) is 0 Å². The van der Waals surface area contributed by atoms with Gasteiger partial charge >= 0.3 is 275 Å². The van der Waals surface area contributed by atoms with Gasteiger partial charge < -0.3 is 0 Å². The van der Waals surface area contributed by atoms with Crippen molar-refractivity contribution >= 4 is 61.8 Å². The molecule has 0 aliphatic heterocycles. The van der Waals surface area contributed by atoms with E-state index in [2.05, 4.69) is 0 Å². The topological polar surface area (TPSA) is 26.3 Å². The van der Waals surface area contributed by atoms with Gasteiger partial charge in [0.15, 0.2) is 0 Å². The van der Waals surface area contributed by atoms with E-state index in [1.54, 1.807) is 0 Å². The van der Waals surface area contributed by atoms with E-state index in [1.807, 2.05) is 189 Å². The van der Waals surface area contributed by atoms with E-state index in [0.29, 0.717) is 0 Å². The Bertz CT molecular complexity index is 1640. The van der Waals surface area contributed by atoms with E-state index in [1.165, 1.54) is 0 Å². The quantitative estimate of drug-likeness (QED) is 0.131. The molecular weight excluding hydrogens is 807 g/mol. The van der Waals surface area contributed by atoms with Crippen LogP contribution in [0, 0.1) is 0 Å². The Labute approximate surface area is 272 Å². The Morgan fingerprint density at radius 3 is 0.756 bits per heavy atom. The molecule has 0 unspecified atom stereocenters. The summed E-state index contributed by atoms with van der Waals surface area (Å²) in [5.41, 5.74) is -8.24. The first-order valence-corrected chi connectivity index (χ1v) is 35.8. The predicted molar refractivity (Wildman–Crippen MR) is 197 cm³/mol. The van der Waals surface area contributed by atoms with Crippen LogP contribution in [0.2, 0.25) is 0 Å². The van der Waals surface area contributed by atoms with Gasteiger partial charge in [0.1, 0.15) is 0 Å². The minimum atomic E-state index is -7.82. The van der Waals surface area contributed by atoms with Crippen molar-refractivity contribution in [2.75, 3.05) is 6.61 Å². The van der Waals surface area contributed by atoms with Crippen molar-refractivity contribution in [3.05, 3.63) is 182 Å². The van der Waals surface area contributed by atoms with Crippen LogP contribution in [0.1, 0.15) is 6.92 Å². The molecule has 0 atom stereocenters. The molecule has 6 aromatic rings. The summed E-state index contributed by atoms with van der Waals surface area (Å²) in [7, 11) is 9.60. The summed E-state index contributed by atoms with van der Waals surface area (Å²) in [5.74, 6) is 0. The second-order valence-electron chi connectivity index (χ2n) is 10.9. The molecule has 0 aromatic heterocycles. The Balaban J connectivity index is 2.03. The fraction of sp³-hybridized carbons (Fsp3) is 0.0526. The number of rotatable bonds is 10. The van der Waals surface area contributed by atoms with Crippen LogP contribution in [-0.4, -0.2) is 6.61 Å². The van der Waals surface area contributed by atoms with Crippen molar-refractivity contribution in [2.24, 2.45) is 0 Å². The maximum absolute atomic E-state index is 18.3. The molecule has 0 fully saturated rings. The fourth-order valence-corrected chi connectivity index (χ4v) is 118. The molecule has 2 nitrogen and oxygen atoms in total. The molecule has 0 saturated carbocycles. The molecule has 45 heavy (non-hydrogen) atoms. The summed E-state index contributed by atoms with van der Waals surface area (Å²) in [4.78, 5) is 0. The molecule has 0 saturated heterocycles. The molecule has 0 spiro atoms. The van der Waals surface area contributed by atoms with Crippen LogP contribution in [0.25, 0.3) is 0 Å². The van der Waals surface area contributed by atoms with Gasteiger partial charge in [-0.05, 0) is 0 Å². The molecule has 0 aliphatic carbocycles. The van der Waals surface area contributed by atoms with E-state index >= 15 is 3.47 Å². The Kier molecular flexibility index (Phi) is 8.63. The summed E-state index contributed by atoms with van der Waals surface area (Å²) >= 11 is 0. The number of benzene rings is 6. The third-order valence-corrected chi connectivity index (χ3v) is 97.7. The summed E-state index contributed by atoms with van der Waals surface area (Å²) in [5, 5.41) is 5.03. The van der Waals surface area contributed by atoms with Crippen molar-refractivity contribution < 1.29 is 17.3 Å². The maximum atomic E-state index is 18.3. The van der Waals surface area contributed by atoms with Crippen LogP contribution in [0.4, 0.5) is 0 Å². The number of halogens is 2. The van der Waals surface area contributed by atoms with Crippen LogP contribution >= 0.6 is 30.0 Å². The Hall–Kier alpha value is -2.82. The average Bonchev–Trinajstić information content (AvgIpc) is 3.08. The Morgan fingerprint density at radius 2 is 0.600 bits per heavy atom. The molecular formula is C38H37Cl2O2P2Re. The van der Waals surface area contributed by atoms with Crippen LogP contribution < -0.4 is 31.8 Å². The predicted octanol–water partition coefficient (Wildman–Crippen LogP) is 8.10. The normalized spacial score (nSPS) is 14.6. The first kappa shape index (κ1) is 32.1. The zero-order valence-corrected chi connectivity index (χ0v) is 31.2. The molecule has 6 aromatic carbocycles. The first-order chi connectivity index (χ1) is 21.8. The molecule has 232 valence electrons. The molecule has 0 radical (unpaired) electrons. The number of hydrogen-bond donors (Lipinski definition) is 0. The molecule has 0 aliphatic rings. The van der Waals surface area contributed by atoms with Gasteiger partial charge in [0.2, 0.25) is 0 Å². The molecule has 7 heteroatoms. The van der Waals surface area contributed by atoms with Gasteiger partial charge in [0.25, 0.3) is 0 Å². The third-order valence-electron chi connectivity index (χ3n) is 8.55. The molecule has 0 N–H and O–H groups in total. The second-order valence-corrected chi connectivity index (χ2v) is 74.8. The molecule has 0 amide bonds. The van der Waals surface area contributed by atoms with Gasteiger partial charge in [-0.25, -0.2) is 0 Å². The standard InChI is InChI=1S/2C18H15P.C2H5O.2ClH.O.Re/c2*1-4-10-16(11-5-1)19(17-12-6-2-7-13-17)18-14-8-3-9-15-18;1-2-3;;;;/h2*1-15H;2H2,1H3;2*1H;;/q;;-1;;;;+1.